The highest BCUT2D eigenvalue weighted by atomic mass is 16.1. The van der Waals surface area contributed by atoms with E-state index in [1.807, 2.05) is 31.3 Å². The van der Waals surface area contributed by atoms with Gasteiger partial charge in [-0.3, -0.25) is 9.79 Å². The monoisotopic (exact) mass is 346 g/mol. The molecule has 138 valence electrons. The third-order valence-electron chi connectivity index (χ3n) is 4.06. The van der Waals surface area contributed by atoms with E-state index in [2.05, 4.69) is 37.3 Å². The molecule has 0 aromatic carbocycles. The zero-order valence-electron chi connectivity index (χ0n) is 15.4. The quantitative estimate of drug-likeness (QED) is 0.571. The van der Waals surface area contributed by atoms with E-state index in [0.717, 1.165) is 57.5 Å². The topological polar surface area (TPSA) is 72.9 Å². The van der Waals surface area contributed by atoms with E-state index in [1.54, 1.807) is 0 Å². The van der Waals surface area contributed by atoms with Gasteiger partial charge in [-0.15, -0.1) is 0 Å². The summed E-state index contributed by atoms with van der Waals surface area (Å²) in [6.45, 7) is 9.80. The summed E-state index contributed by atoms with van der Waals surface area (Å²) >= 11 is 0. The van der Waals surface area contributed by atoms with E-state index >= 15 is 0 Å². The van der Waals surface area contributed by atoms with Crippen LogP contribution in [0.5, 0.6) is 0 Å². The number of aromatic nitrogens is 1. The predicted molar refractivity (Wildman–Crippen MR) is 102 cm³/mol. The highest BCUT2D eigenvalue weighted by molar-refractivity contribution is 5.81. The van der Waals surface area contributed by atoms with E-state index in [9.17, 15) is 4.79 Å². The molecule has 1 aromatic heterocycles. The molecular formula is C18H30N6O. The Morgan fingerprint density at radius 1 is 1.20 bits per heavy atom. The minimum atomic E-state index is 0.0708. The molecule has 0 saturated carbocycles. The summed E-state index contributed by atoms with van der Waals surface area (Å²) in [5.74, 6) is 1.99. The number of hydrogen-bond donors (Lipinski definition) is 2. The third kappa shape index (κ3) is 6.25. The van der Waals surface area contributed by atoms with Crippen molar-refractivity contribution in [3.63, 3.8) is 0 Å². The molecule has 2 rings (SSSR count). The molecule has 0 unspecified atom stereocenters. The maximum Gasteiger partial charge on any atom is 0.221 e. The first-order valence-electron chi connectivity index (χ1n) is 9.20. The first-order chi connectivity index (χ1) is 12.2. The maximum absolute atomic E-state index is 11.7. The summed E-state index contributed by atoms with van der Waals surface area (Å²) in [6.07, 6.45) is 3.22. The Hall–Kier alpha value is -2.31. The van der Waals surface area contributed by atoms with Crippen molar-refractivity contribution < 1.29 is 4.79 Å². The van der Waals surface area contributed by atoms with E-state index in [0.29, 0.717) is 13.0 Å². The maximum atomic E-state index is 11.7. The molecule has 0 radical (unpaired) electrons. The van der Waals surface area contributed by atoms with Gasteiger partial charge in [-0.05, 0) is 25.5 Å². The van der Waals surface area contributed by atoms with Crippen molar-refractivity contribution in [3.8, 4) is 0 Å². The number of nitrogens with one attached hydrogen (secondary N) is 2. The van der Waals surface area contributed by atoms with Crippen LogP contribution in [0, 0.1) is 0 Å². The van der Waals surface area contributed by atoms with Gasteiger partial charge in [-0.2, -0.15) is 0 Å². The molecule has 1 fully saturated rings. The van der Waals surface area contributed by atoms with Crippen LogP contribution in [0.3, 0.4) is 0 Å². The molecule has 2 heterocycles. The van der Waals surface area contributed by atoms with Crippen LogP contribution in [0.25, 0.3) is 0 Å². The minimum absolute atomic E-state index is 0.0708. The highest BCUT2D eigenvalue weighted by Gasteiger charge is 2.20. The fraction of sp³-hybridized carbons (Fsp3) is 0.611. The molecule has 0 bridgehead atoms. The van der Waals surface area contributed by atoms with Crippen LogP contribution >= 0.6 is 0 Å². The Labute approximate surface area is 150 Å². The van der Waals surface area contributed by atoms with Gasteiger partial charge >= 0.3 is 0 Å². The molecular weight excluding hydrogens is 316 g/mol. The van der Waals surface area contributed by atoms with E-state index in [-0.39, 0.29) is 5.91 Å². The molecule has 1 aromatic rings. The van der Waals surface area contributed by atoms with Crippen LogP contribution in [0.2, 0.25) is 0 Å². The smallest absolute Gasteiger partial charge is 0.221 e. The number of guanidine groups is 1. The summed E-state index contributed by atoms with van der Waals surface area (Å²) in [7, 11) is 0. The summed E-state index contributed by atoms with van der Waals surface area (Å²) in [6, 6.07) is 6.00. The highest BCUT2D eigenvalue weighted by Crippen LogP contribution is 2.12. The van der Waals surface area contributed by atoms with Gasteiger partial charge in [-0.25, -0.2) is 4.98 Å². The largest absolute Gasteiger partial charge is 0.357 e. The summed E-state index contributed by atoms with van der Waals surface area (Å²) in [5, 5.41) is 6.22. The number of hydrogen-bond acceptors (Lipinski definition) is 4. The zero-order valence-corrected chi connectivity index (χ0v) is 15.4. The van der Waals surface area contributed by atoms with Gasteiger partial charge in [0.15, 0.2) is 5.96 Å². The van der Waals surface area contributed by atoms with Gasteiger partial charge in [0.25, 0.3) is 0 Å². The van der Waals surface area contributed by atoms with Crippen LogP contribution in [0.1, 0.15) is 26.7 Å². The van der Waals surface area contributed by atoms with Crippen LogP contribution in [-0.4, -0.2) is 67.6 Å². The molecule has 1 aliphatic rings. The summed E-state index contributed by atoms with van der Waals surface area (Å²) in [4.78, 5) is 25.3. The average Bonchev–Trinajstić information content (AvgIpc) is 2.66. The number of nitrogens with zero attached hydrogens (tertiary/aromatic N) is 4. The van der Waals surface area contributed by atoms with Crippen molar-refractivity contribution in [3.05, 3.63) is 24.4 Å². The first-order valence-corrected chi connectivity index (χ1v) is 9.20. The van der Waals surface area contributed by atoms with Gasteiger partial charge in [-0.1, -0.05) is 13.0 Å². The number of carbonyl (C=O) groups is 1. The van der Waals surface area contributed by atoms with Crippen molar-refractivity contribution >= 4 is 17.7 Å². The lowest BCUT2D eigenvalue weighted by atomic mass is 10.3. The first kappa shape index (κ1) is 19.0. The van der Waals surface area contributed by atoms with Gasteiger partial charge < -0.3 is 20.4 Å². The van der Waals surface area contributed by atoms with Crippen molar-refractivity contribution in [1.82, 2.24) is 20.5 Å². The Bertz CT molecular complexity index is 540. The van der Waals surface area contributed by atoms with Crippen molar-refractivity contribution in [2.45, 2.75) is 26.7 Å². The van der Waals surface area contributed by atoms with Crippen LogP contribution in [-0.2, 0) is 4.79 Å². The Kier molecular flexibility index (Phi) is 8.01. The van der Waals surface area contributed by atoms with Crippen molar-refractivity contribution in [1.29, 1.82) is 0 Å². The number of aliphatic imine (C=N–C) groups is 1. The Morgan fingerprint density at radius 3 is 2.64 bits per heavy atom. The molecule has 1 saturated heterocycles. The number of amides is 1. The van der Waals surface area contributed by atoms with E-state index in [1.165, 1.54) is 0 Å². The Morgan fingerprint density at radius 2 is 2.00 bits per heavy atom. The minimum Gasteiger partial charge on any atom is -0.357 e. The molecule has 25 heavy (non-hydrogen) atoms. The number of piperazine rings is 1. The fourth-order valence-electron chi connectivity index (χ4n) is 2.73. The molecule has 0 atom stereocenters. The third-order valence-corrected chi connectivity index (χ3v) is 4.06. The van der Waals surface area contributed by atoms with E-state index in [4.69, 9.17) is 0 Å². The second-order valence-corrected chi connectivity index (χ2v) is 6.00. The molecule has 0 aliphatic carbocycles. The molecule has 7 heteroatoms. The lowest BCUT2D eigenvalue weighted by molar-refractivity contribution is -0.120. The second kappa shape index (κ2) is 10.5. The number of anilines is 1. The number of carbonyl (C=O) groups excluding carboxylic acids is 1. The fourth-order valence-corrected chi connectivity index (χ4v) is 2.73. The normalized spacial score (nSPS) is 15.2. The Balaban J connectivity index is 1.84. The predicted octanol–water partition coefficient (Wildman–Crippen LogP) is 1.09. The number of pyridine rings is 1. The zero-order chi connectivity index (χ0) is 17.9. The lowest BCUT2D eigenvalue weighted by Gasteiger charge is -2.37. The summed E-state index contributed by atoms with van der Waals surface area (Å²) in [5.41, 5.74) is 0. The van der Waals surface area contributed by atoms with Crippen molar-refractivity contribution in [2.75, 3.05) is 50.7 Å². The molecule has 2 N–H and O–H groups in total. The molecule has 7 nitrogen and oxygen atoms in total. The van der Waals surface area contributed by atoms with Crippen LogP contribution < -0.4 is 15.5 Å². The van der Waals surface area contributed by atoms with E-state index < -0.39 is 0 Å². The second-order valence-electron chi connectivity index (χ2n) is 6.00. The molecule has 1 aliphatic heterocycles. The summed E-state index contributed by atoms with van der Waals surface area (Å²) < 4.78 is 0. The standard InChI is InChI=1S/C18H30N6O/c1-3-9-21-17(25)8-11-22-18(19-4-2)24-14-12-23(13-15-24)16-7-5-6-10-20-16/h5-7,10H,3-4,8-9,11-15H2,1-2H3,(H,19,22)(H,21,25). The molecule has 0 spiro atoms. The average molecular weight is 346 g/mol. The van der Waals surface area contributed by atoms with Gasteiger partial charge in [0.1, 0.15) is 5.82 Å². The molecule has 1 amide bonds. The van der Waals surface area contributed by atoms with Crippen LogP contribution in [0.4, 0.5) is 5.82 Å². The lowest BCUT2D eigenvalue weighted by Crippen LogP contribution is -2.52. The van der Waals surface area contributed by atoms with Crippen LogP contribution in [0.15, 0.2) is 29.4 Å². The van der Waals surface area contributed by atoms with Gasteiger partial charge in [0.05, 0.1) is 6.54 Å². The van der Waals surface area contributed by atoms with Gasteiger partial charge in [0.2, 0.25) is 5.91 Å². The number of rotatable bonds is 7. The van der Waals surface area contributed by atoms with Crippen molar-refractivity contribution in [2.24, 2.45) is 4.99 Å². The van der Waals surface area contributed by atoms with Gasteiger partial charge in [0, 0.05) is 51.9 Å². The SMILES string of the molecule is CCCNC(=O)CCN=C(NCC)N1CCN(c2ccccn2)CC1.